The van der Waals surface area contributed by atoms with Gasteiger partial charge >= 0.3 is 0 Å². The van der Waals surface area contributed by atoms with Crippen molar-refractivity contribution in [1.82, 2.24) is 4.90 Å². The van der Waals surface area contributed by atoms with Gasteiger partial charge in [0.2, 0.25) is 0 Å². The number of carbonyl (C=O) groups excluding carboxylic acids is 2. The molecule has 1 aliphatic heterocycles. The van der Waals surface area contributed by atoms with E-state index >= 15 is 0 Å². The van der Waals surface area contributed by atoms with Crippen LogP contribution >= 0.6 is 0 Å². The molecular formula is C20H19NO2. The van der Waals surface area contributed by atoms with Crippen LogP contribution in [0.15, 0.2) is 54.6 Å². The third kappa shape index (κ3) is 2.27. The number of amides is 1. The van der Waals surface area contributed by atoms with Crippen molar-refractivity contribution in [2.75, 3.05) is 13.1 Å². The molecule has 1 spiro atoms. The molecule has 0 N–H and O–H groups in total. The molecule has 2 aromatic carbocycles. The average Bonchev–Trinajstić information content (AvgIpc) is 2.87. The van der Waals surface area contributed by atoms with Gasteiger partial charge in [-0.2, -0.15) is 0 Å². The van der Waals surface area contributed by atoms with Crippen molar-refractivity contribution in [3.63, 3.8) is 0 Å². The van der Waals surface area contributed by atoms with Gasteiger partial charge in [0.15, 0.2) is 5.78 Å². The molecule has 0 radical (unpaired) electrons. The first kappa shape index (κ1) is 14.2. The molecular weight excluding hydrogens is 286 g/mol. The van der Waals surface area contributed by atoms with Crippen LogP contribution in [0.4, 0.5) is 0 Å². The molecule has 2 aromatic rings. The summed E-state index contributed by atoms with van der Waals surface area (Å²) >= 11 is 0. The van der Waals surface area contributed by atoms with Crippen molar-refractivity contribution < 1.29 is 9.59 Å². The number of carbonyl (C=O) groups is 2. The van der Waals surface area contributed by atoms with Gasteiger partial charge in [0.05, 0.1) is 5.41 Å². The number of hydrogen-bond donors (Lipinski definition) is 0. The molecule has 23 heavy (non-hydrogen) atoms. The molecule has 1 fully saturated rings. The summed E-state index contributed by atoms with van der Waals surface area (Å²) in [7, 11) is 0. The molecule has 1 aliphatic carbocycles. The van der Waals surface area contributed by atoms with Gasteiger partial charge in [-0.1, -0.05) is 42.5 Å². The van der Waals surface area contributed by atoms with Gasteiger partial charge in [0, 0.05) is 24.2 Å². The standard InChI is InChI=1S/C20H19NO2/c22-18-17-10-5-4-9-16(17)13-20(18)11-6-12-21(14-20)19(23)15-7-2-1-3-8-15/h1-5,7-10H,6,11-14H2. The third-order valence-corrected chi connectivity index (χ3v) is 5.16. The van der Waals surface area contributed by atoms with Crippen molar-refractivity contribution in [2.45, 2.75) is 19.3 Å². The van der Waals surface area contributed by atoms with Crippen LogP contribution in [0.3, 0.4) is 0 Å². The van der Waals surface area contributed by atoms with Crippen molar-refractivity contribution in [1.29, 1.82) is 0 Å². The number of hydrogen-bond acceptors (Lipinski definition) is 2. The van der Waals surface area contributed by atoms with Crippen LogP contribution in [-0.2, 0) is 6.42 Å². The molecule has 0 saturated carbocycles. The highest BCUT2D eigenvalue weighted by molar-refractivity contribution is 6.05. The molecule has 1 heterocycles. The summed E-state index contributed by atoms with van der Waals surface area (Å²) < 4.78 is 0. The van der Waals surface area contributed by atoms with E-state index in [1.54, 1.807) is 0 Å². The predicted octanol–water partition coefficient (Wildman–Crippen LogP) is 3.35. The lowest BCUT2D eigenvalue weighted by atomic mass is 9.76. The fourth-order valence-corrected chi connectivity index (χ4v) is 4.02. The highest BCUT2D eigenvalue weighted by Crippen LogP contribution is 2.43. The van der Waals surface area contributed by atoms with Crippen LogP contribution in [0.1, 0.15) is 39.1 Å². The Morgan fingerprint density at radius 3 is 2.52 bits per heavy atom. The quantitative estimate of drug-likeness (QED) is 0.810. The maximum atomic E-state index is 12.9. The van der Waals surface area contributed by atoms with Gasteiger partial charge in [-0.05, 0) is 37.0 Å². The number of Topliss-reactive ketones (excluding diaryl/α,β-unsaturated/α-hetero) is 1. The van der Waals surface area contributed by atoms with E-state index in [1.807, 2.05) is 59.5 Å². The zero-order valence-electron chi connectivity index (χ0n) is 13.0. The van der Waals surface area contributed by atoms with Crippen LogP contribution in [0.2, 0.25) is 0 Å². The minimum absolute atomic E-state index is 0.0356. The summed E-state index contributed by atoms with van der Waals surface area (Å²) in [5.41, 5.74) is 2.27. The lowest BCUT2D eigenvalue weighted by Gasteiger charge is -2.39. The van der Waals surface area contributed by atoms with Crippen molar-refractivity contribution in [2.24, 2.45) is 5.41 Å². The van der Waals surface area contributed by atoms with Crippen molar-refractivity contribution in [3.05, 3.63) is 71.3 Å². The van der Waals surface area contributed by atoms with E-state index in [-0.39, 0.29) is 11.7 Å². The maximum Gasteiger partial charge on any atom is 0.253 e. The second-order valence-electron chi connectivity index (χ2n) is 6.64. The molecule has 2 aliphatic rings. The van der Waals surface area contributed by atoms with Crippen molar-refractivity contribution >= 4 is 11.7 Å². The number of fused-ring (bicyclic) bond motifs is 1. The second-order valence-corrected chi connectivity index (χ2v) is 6.64. The number of nitrogens with zero attached hydrogens (tertiary/aromatic N) is 1. The van der Waals surface area contributed by atoms with E-state index < -0.39 is 5.41 Å². The highest BCUT2D eigenvalue weighted by atomic mass is 16.2. The van der Waals surface area contributed by atoms with E-state index in [4.69, 9.17) is 0 Å². The third-order valence-electron chi connectivity index (χ3n) is 5.16. The molecule has 0 aromatic heterocycles. The Bertz CT molecular complexity index is 768. The van der Waals surface area contributed by atoms with Crippen LogP contribution in [0.5, 0.6) is 0 Å². The first-order valence-electron chi connectivity index (χ1n) is 8.17. The molecule has 0 bridgehead atoms. The molecule has 116 valence electrons. The van der Waals surface area contributed by atoms with Gasteiger partial charge in [-0.3, -0.25) is 9.59 Å². The highest BCUT2D eigenvalue weighted by Gasteiger charge is 2.48. The second kappa shape index (κ2) is 5.34. The van der Waals surface area contributed by atoms with E-state index in [0.29, 0.717) is 12.1 Å². The smallest absolute Gasteiger partial charge is 0.253 e. The molecule has 1 unspecified atom stereocenters. The summed E-state index contributed by atoms with van der Waals surface area (Å²) in [5.74, 6) is 0.257. The molecule has 1 saturated heterocycles. The Morgan fingerprint density at radius 2 is 1.74 bits per heavy atom. The van der Waals surface area contributed by atoms with Crippen LogP contribution in [0.25, 0.3) is 0 Å². The number of ketones is 1. The molecule has 1 atom stereocenters. The van der Waals surface area contributed by atoms with Gasteiger partial charge in [0.1, 0.15) is 0 Å². The van der Waals surface area contributed by atoms with Crippen LogP contribution < -0.4 is 0 Å². The molecule has 4 rings (SSSR count). The van der Waals surface area contributed by atoms with Gasteiger partial charge in [-0.15, -0.1) is 0 Å². The minimum Gasteiger partial charge on any atom is -0.338 e. The molecule has 3 heteroatoms. The zero-order chi connectivity index (χ0) is 15.9. The first-order chi connectivity index (χ1) is 11.2. The zero-order valence-corrected chi connectivity index (χ0v) is 13.0. The lowest BCUT2D eigenvalue weighted by molar-refractivity contribution is 0.0476. The SMILES string of the molecule is O=C(c1ccccc1)N1CCCC2(Cc3ccccc3C2=O)C1. The van der Waals surface area contributed by atoms with E-state index in [0.717, 1.165) is 36.9 Å². The topological polar surface area (TPSA) is 37.4 Å². The average molecular weight is 305 g/mol. The van der Waals surface area contributed by atoms with Gasteiger partial charge < -0.3 is 4.90 Å². The van der Waals surface area contributed by atoms with E-state index in [1.165, 1.54) is 0 Å². The monoisotopic (exact) mass is 305 g/mol. The minimum atomic E-state index is -0.410. The predicted molar refractivity (Wildman–Crippen MR) is 88.5 cm³/mol. The Balaban J connectivity index is 1.61. The lowest BCUT2D eigenvalue weighted by Crippen LogP contribution is -2.49. The Labute approximate surface area is 135 Å². The fourth-order valence-electron chi connectivity index (χ4n) is 4.02. The molecule has 1 amide bonds. The number of rotatable bonds is 1. The maximum absolute atomic E-state index is 12.9. The first-order valence-corrected chi connectivity index (χ1v) is 8.17. The summed E-state index contributed by atoms with van der Waals surface area (Å²) in [6, 6.07) is 17.2. The number of benzene rings is 2. The van der Waals surface area contributed by atoms with Crippen LogP contribution in [-0.4, -0.2) is 29.7 Å². The number of likely N-dealkylation sites (tertiary alicyclic amines) is 1. The Hall–Kier alpha value is -2.42. The number of piperidine rings is 1. The molecule has 3 nitrogen and oxygen atoms in total. The fraction of sp³-hybridized carbons (Fsp3) is 0.300. The summed E-state index contributed by atoms with van der Waals surface area (Å²) in [6.07, 6.45) is 2.53. The Kier molecular flexibility index (Phi) is 3.29. The Morgan fingerprint density at radius 1 is 1.00 bits per heavy atom. The largest absolute Gasteiger partial charge is 0.338 e. The van der Waals surface area contributed by atoms with Crippen molar-refractivity contribution in [3.8, 4) is 0 Å². The van der Waals surface area contributed by atoms with E-state index in [2.05, 4.69) is 0 Å². The van der Waals surface area contributed by atoms with E-state index in [9.17, 15) is 9.59 Å². The summed E-state index contributed by atoms with van der Waals surface area (Å²) in [4.78, 5) is 27.5. The van der Waals surface area contributed by atoms with Crippen LogP contribution in [0, 0.1) is 5.41 Å². The normalized spacial score (nSPS) is 23.1. The van der Waals surface area contributed by atoms with Gasteiger partial charge in [0.25, 0.3) is 5.91 Å². The summed E-state index contributed by atoms with van der Waals surface area (Å²) in [5, 5.41) is 0. The van der Waals surface area contributed by atoms with Gasteiger partial charge in [-0.25, -0.2) is 0 Å². The summed E-state index contributed by atoms with van der Waals surface area (Å²) in [6.45, 7) is 1.27.